The van der Waals surface area contributed by atoms with Crippen LogP contribution in [0.5, 0.6) is 0 Å². The molecule has 0 aliphatic carbocycles. The van der Waals surface area contributed by atoms with E-state index in [1.54, 1.807) is 11.8 Å². The summed E-state index contributed by atoms with van der Waals surface area (Å²) >= 11 is 1.76. The fraction of sp³-hybridized carbons (Fsp3) is 0.333. The van der Waals surface area contributed by atoms with E-state index >= 15 is 0 Å². The summed E-state index contributed by atoms with van der Waals surface area (Å²) in [5, 5.41) is 4.06. The van der Waals surface area contributed by atoms with Gasteiger partial charge in [0.2, 0.25) is 5.91 Å². The predicted octanol–water partition coefficient (Wildman–Crippen LogP) is 3.40. The van der Waals surface area contributed by atoms with Crippen molar-refractivity contribution in [1.82, 2.24) is 14.9 Å². The molecule has 4 rings (SSSR count). The minimum absolute atomic E-state index is 0.0757. The topological polar surface area (TPSA) is 39.1 Å². The molecule has 0 aromatic heterocycles. The molecule has 6 heteroatoms. The highest BCUT2D eigenvalue weighted by molar-refractivity contribution is 8.01. The van der Waals surface area contributed by atoms with E-state index in [9.17, 15) is 4.79 Å². The van der Waals surface area contributed by atoms with Crippen molar-refractivity contribution < 1.29 is 4.79 Å². The Morgan fingerprint density at radius 3 is 2.59 bits per heavy atom. The minimum Gasteiger partial charge on any atom is -0.308 e. The van der Waals surface area contributed by atoms with Gasteiger partial charge in [-0.15, -0.1) is 11.8 Å². The average Bonchev–Trinajstić information content (AvgIpc) is 2.67. The number of amidine groups is 1. The number of hydrogen-bond donors (Lipinski definition) is 0. The number of benzene rings is 2. The molecule has 1 unspecified atom stereocenters. The molecule has 2 aromatic rings. The number of aliphatic imine (C=N–C) groups is 1. The molecule has 1 amide bonds. The summed E-state index contributed by atoms with van der Waals surface area (Å²) in [6.45, 7) is 2.13. The van der Waals surface area contributed by atoms with Crippen molar-refractivity contribution in [3.05, 3.63) is 60.2 Å². The number of hydrazine groups is 1. The molecule has 140 valence electrons. The summed E-state index contributed by atoms with van der Waals surface area (Å²) in [5.41, 5.74) is 2.17. The van der Waals surface area contributed by atoms with Crippen LogP contribution in [0.3, 0.4) is 0 Å². The summed E-state index contributed by atoms with van der Waals surface area (Å²) in [6, 6.07) is 18.5. The number of fused-ring (bicyclic) bond motifs is 2. The van der Waals surface area contributed by atoms with Gasteiger partial charge in [-0.3, -0.25) is 14.8 Å². The second-order valence-corrected chi connectivity index (χ2v) is 8.36. The average molecular weight is 381 g/mol. The third kappa shape index (κ3) is 3.87. The van der Waals surface area contributed by atoms with Gasteiger partial charge in [0.05, 0.1) is 24.0 Å². The molecule has 1 atom stereocenters. The van der Waals surface area contributed by atoms with E-state index in [-0.39, 0.29) is 11.2 Å². The highest BCUT2D eigenvalue weighted by Gasteiger charge is 2.39. The van der Waals surface area contributed by atoms with Gasteiger partial charge in [0.25, 0.3) is 0 Å². The van der Waals surface area contributed by atoms with Crippen LogP contribution in [-0.4, -0.2) is 59.1 Å². The smallest absolute Gasteiger partial charge is 0.242 e. The molecule has 1 saturated heterocycles. The monoisotopic (exact) mass is 380 g/mol. The molecule has 2 heterocycles. The fourth-order valence-electron chi connectivity index (χ4n) is 3.39. The number of carbonyl (C=O) groups excluding carboxylic acids is 1. The number of carbonyl (C=O) groups is 1. The number of rotatable bonds is 5. The Hall–Kier alpha value is -2.31. The van der Waals surface area contributed by atoms with Crippen LogP contribution in [0.4, 0.5) is 5.69 Å². The number of nitrogens with zero attached hydrogens (tertiary/aromatic N) is 4. The SMILES string of the molecule is CN(C)CCN1C(=O)CC2Sc3ccccc3N=C2N1Cc1ccccc1. The van der Waals surface area contributed by atoms with Gasteiger partial charge >= 0.3 is 0 Å². The lowest BCUT2D eigenvalue weighted by Crippen LogP contribution is -2.59. The van der Waals surface area contributed by atoms with Gasteiger partial charge in [-0.25, -0.2) is 4.99 Å². The largest absolute Gasteiger partial charge is 0.308 e. The number of para-hydroxylation sites is 1. The zero-order valence-corrected chi connectivity index (χ0v) is 16.5. The molecule has 1 fully saturated rings. The van der Waals surface area contributed by atoms with Crippen LogP contribution < -0.4 is 0 Å². The Bertz CT molecular complexity index is 852. The van der Waals surface area contributed by atoms with Crippen LogP contribution in [0.2, 0.25) is 0 Å². The Morgan fingerprint density at radius 1 is 1.07 bits per heavy atom. The summed E-state index contributed by atoms with van der Waals surface area (Å²) in [5.74, 6) is 1.16. The number of thioether (sulfide) groups is 1. The molecule has 0 spiro atoms. The van der Waals surface area contributed by atoms with Gasteiger partial charge in [-0.1, -0.05) is 42.5 Å². The molecule has 2 aromatic carbocycles. The van der Waals surface area contributed by atoms with Crippen molar-refractivity contribution in [3.63, 3.8) is 0 Å². The van der Waals surface area contributed by atoms with Gasteiger partial charge < -0.3 is 4.90 Å². The molecule has 2 aliphatic rings. The van der Waals surface area contributed by atoms with E-state index in [2.05, 4.69) is 28.1 Å². The van der Waals surface area contributed by atoms with Crippen LogP contribution in [0.15, 0.2) is 64.5 Å². The first-order chi connectivity index (χ1) is 13.1. The number of amides is 1. The highest BCUT2D eigenvalue weighted by Crippen LogP contribution is 2.41. The predicted molar refractivity (Wildman–Crippen MR) is 110 cm³/mol. The Labute approximate surface area is 164 Å². The van der Waals surface area contributed by atoms with Crippen LogP contribution in [0, 0.1) is 0 Å². The molecule has 0 saturated carbocycles. The van der Waals surface area contributed by atoms with Crippen molar-refractivity contribution in [2.24, 2.45) is 4.99 Å². The maximum atomic E-state index is 13.0. The first kappa shape index (κ1) is 18.1. The Balaban J connectivity index is 1.70. The van der Waals surface area contributed by atoms with E-state index in [0.717, 1.165) is 23.0 Å². The van der Waals surface area contributed by atoms with Gasteiger partial charge in [-0.05, 0) is 31.8 Å². The molecule has 0 N–H and O–H groups in total. The van der Waals surface area contributed by atoms with Crippen LogP contribution in [0.1, 0.15) is 12.0 Å². The van der Waals surface area contributed by atoms with E-state index in [1.807, 2.05) is 55.5 Å². The lowest BCUT2D eigenvalue weighted by molar-refractivity contribution is -0.145. The zero-order valence-electron chi connectivity index (χ0n) is 15.7. The molecule has 27 heavy (non-hydrogen) atoms. The van der Waals surface area contributed by atoms with Crippen LogP contribution >= 0.6 is 11.8 Å². The summed E-state index contributed by atoms with van der Waals surface area (Å²) < 4.78 is 0. The molecule has 2 aliphatic heterocycles. The summed E-state index contributed by atoms with van der Waals surface area (Å²) in [7, 11) is 4.06. The van der Waals surface area contributed by atoms with Crippen molar-refractivity contribution in [3.8, 4) is 0 Å². The summed E-state index contributed by atoms with van der Waals surface area (Å²) in [4.78, 5) is 21.2. The molecular weight excluding hydrogens is 356 g/mol. The van der Waals surface area contributed by atoms with Crippen molar-refractivity contribution >= 4 is 29.2 Å². The second kappa shape index (κ2) is 7.74. The van der Waals surface area contributed by atoms with Crippen LogP contribution in [0.25, 0.3) is 0 Å². The highest BCUT2D eigenvalue weighted by atomic mass is 32.2. The van der Waals surface area contributed by atoms with Gasteiger partial charge in [0.15, 0.2) is 0 Å². The maximum Gasteiger partial charge on any atom is 0.242 e. The zero-order chi connectivity index (χ0) is 18.8. The molecule has 0 bridgehead atoms. The molecule has 0 radical (unpaired) electrons. The molecule has 5 nitrogen and oxygen atoms in total. The van der Waals surface area contributed by atoms with Gasteiger partial charge in [0, 0.05) is 17.9 Å². The quantitative estimate of drug-likeness (QED) is 0.797. The molecular formula is C21H24N4OS. The van der Waals surface area contributed by atoms with Gasteiger partial charge in [-0.2, -0.15) is 0 Å². The number of hydrogen-bond acceptors (Lipinski definition) is 5. The van der Waals surface area contributed by atoms with Crippen LogP contribution in [-0.2, 0) is 11.3 Å². The van der Waals surface area contributed by atoms with E-state index in [1.165, 1.54) is 5.56 Å². The summed E-state index contributed by atoms with van der Waals surface area (Å²) in [6.07, 6.45) is 0.497. The fourth-order valence-corrected chi connectivity index (χ4v) is 4.60. The minimum atomic E-state index is 0.0757. The first-order valence-corrected chi connectivity index (χ1v) is 10.1. The normalized spacial score (nSPS) is 19.0. The van der Waals surface area contributed by atoms with Crippen molar-refractivity contribution in [2.75, 3.05) is 27.2 Å². The third-order valence-electron chi connectivity index (χ3n) is 4.80. The number of likely N-dealkylation sites (N-methyl/N-ethyl adjacent to an activating group) is 1. The maximum absolute atomic E-state index is 13.0. The first-order valence-electron chi connectivity index (χ1n) is 9.22. The van der Waals surface area contributed by atoms with Crippen molar-refractivity contribution in [1.29, 1.82) is 0 Å². The van der Waals surface area contributed by atoms with E-state index < -0.39 is 0 Å². The van der Waals surface area contributed by atoms with Crippen molar-refractivity contribution in [2.45, 2.75) is 23.1 Å². The standard InChI is InChI=1S/C21H24N4OS/c1-23(2)12-13-24-20(26)14-19-21(22-17-10-6-7-11-18(17)27-19)25(24)15-16-8-4-3-5-9-16/h3-11,19H,12-15H2,1-2H3. The van der Waals surface area contributed by atoms with E-state index in [4.69, 9.17) is 4.99 Å². The lowest BCUT2D eigenvalue weighted by Gasteiger charge is -2.45. The Kier molecular flexibility index (Phi) is 5.18. The lowest BCUT2D eigenvalue weighted by atomic mass is 10.1. The van der Waals surface area contributed by atoms with E-state index in [0.29, 0.717) is 19.5 Å². The second-order valence-electron chi connectivity index (χ2n) is 7.11. The van der Waals surface area contributed by atoms with Gasteiger partial charge in [0.1, 0.15) is 5.84 Å². The third-order valence-corrected chi connectivity index (χ3v) is 6.06. The Morgan fingerprint density at radius 2 is 1.81 bits per heavy atom.